The van der Waals surface area contributed by atoms with Gasteiger partial charge in [0.05, 0.1) is 5.56 Å². The lowest BCUT2D eigenvalue weighted by atomic mass is 9.85. The molecule has 1 amide bonds. The first-order valence-corrected chi connectivity index (χ1v) is 7.53. The van der Waals surface area contributed by atoms with Gasteiger partial charge >= 0.3 is 0 Å². The van der Waals surface area contributed by atoms with Crippen LogP contribution in [0.3, 0.4) is 0 Å². The van der Waals surface area contributed by atoms with Crippen molar-refractivity contribution in [1.82, 2.24) is 4.90 Å². The van der Waals surface area contributed by atoms with E-state index in [4.69, 9.17) is 0 Å². The first kappa shape index (κ1) is 14.5. The van der Waals surface area contributed by atoms with Crippen molar-refractivity contribution >= 4 is 21.8 Å². The van der Waals surface area contributed by atoms with Crippen LogP contribution < -0.4 is 0 Å². The minimum Gasteiger partial charge on any atom is -0.338 e. The van der Waals surface area contributed by atoms with E-state index in [9.17, 15) is 9.18 Å². The monoisotopic (exact) mass is 327 g/mol. The van der Waals surface area contributed by atoms with E-state index in [2.05, 4.69) is 22.9 Å². The summed E-state index contributed by atoms with van der Waals surface area (Å²) in [6.45, 7) is 2.17. The van der Waals surface area contributed by atoms with Gasteiger partial charge in [0.25, 0.3) is 5.91 Å². The van der Waals surface area contributed by atoms with Gasteiger partial charge in [-0.2, -0.15) is 0 Å². The van der Waals surface area contributed by atoms with Crippen molar-refractivity contribution < 1.29 is 9.18 Å². The fourth-order valence-corrected chi connectivity index (χ4v) is 3.41. The number of hydrogen-bond acceptors (Lipinski definition) is 1. The van der Waals surface area contributed by atoms with E-state index in [0.717, 1.165) is 19.3 Å². The van der Waals surface area contributed by atoms with Crippen LogP contribution in [0.1, 0.15) is 43.0 Å². The van der Waals surface area contributed by atoms with Crippen LogP contribution in [0.2, 0.25) is 0 Å². The lowest BCUT2D eigenvalue weighted by Crippen LogP contribution is -2.43. The van der Waals surface area contributed by atoms with Gasteiger partial charge in [0, 0.05) is 17.6 Å². The van der Waals surface area contributed by atoms with Crippen LogP contribution in [0.15, 0.2) is 22.7 Å². The van der Waals surface area contributed by atoms with Gasteiger partial charge in [-0.25, -0.2) is 4.39 Å². The molecule has 104 valence electrons. The lowest BCUT2D eigenvalue weighted by molar-refractivity contribution is 0.0623. The Morgan fingerprint density at radius 3 is 2.68 bits per heavy atom. The van der Waals surface area contributed by atoms with Crippen molar-refractivity contribution in [3.8, 4) is 0 Å². The molecule has 19 heavy (non-hydrogen) atoms. The van der Waals surface area contributed by atoms with Gasteiger partial charge in [-0.1, -0.05) is 25.8 Å². The normalized spacial score (nSPS) is 23.2. The lowest BCUT2D eigenvalue weighted by Gasteiger charge is -2.36. The SMILES string of the molecule is CC1CCCCC1N(C)C(=O)c1c(F)cccc1Br. The number of rotatable bonds is 2. The summed E-state index contributed by atoms with van der Waals surface area (Å²) < 4.78 is 14.4. The molecule has 1 aliphatic rings. The van der Waals surface area contributed by atoms with Crippen LogP contribution in [-0.2, 0) is 0 Å². The zero-order valence-electron chi connectivity index (χ0n) is 11.3. The van der Waals surface area contributed by atoms with Gasteiger partial charge in [-0.05, 0) is 46.8 Å². The average molecular weight is 328 g/mol. The maximum Gasteiger partial charge on any atom is 0.257 e. The van der Waals surface area contributed by atoms with Gasteiger partial charge in [0.2, 0.25) is 0 Å². The summed E-state index contributed by atoms with van der Waals surface area (Å²) in [6.07, 6.45) is 4.52. The van der Waals surface area contributed by atoms with Crippen LogP contribution in [0.25, 0.3) is 0 Å². The molecule has 1 aromatic rings. The number of halogens is 2. The van der Waals surface area contributed by atoms with Crippen molar-refractivity contribution in [2.45, 2.75) is 38.6 Å². The fraction of sp³-hybridized carbons (Fsp3) is 0.533. The van der Waals surface area contributed by atoms with E-state index >= 15 is 0 Å². The van der Waals surface area contributed by atoms with Gasteiger partial charge in [0.15, 0.2) is 0 Å². The second kappa shape index (κ2) is 6.04. The molecule has 2 unspecified atom stereocenters. The Morgan fingerprint density at radius 2 is 2.05 bits per heavy atom. The molecule has 0 N–H and O–H groups in total. The molecule has 4 heteroatoms. The molecule has 0 spiro atoms. The molecular formula is C15H19BrFNO. The highest BCUT2D eigenvalue weighted by atomic mass is 79.9. The molecule has 2 rings (SSSR count). The summed E-state index contributed by atoms with van der Waals surface area (Å²) >= 11 is 3.27. The Kier molecular flexibility index (Phi) is 4.61. The number of amides is 1. The third-order valence-corrected chi connectivity index (χ3v) is 4.72. The Bertz CT molecular complexity index is 457. The van der Waals surface area contributed by atoms with Gasteiger partial charge in [-0.3, -0.25) is 4.79 Å². The van der Waals surface area contributed by atoms with Gasteiger partial charge in [0.1, 0.15) is 5.82 Å². The molecule has 1 aromatic carbocycles. The topological polar surface area (TPSA) is 20.3 Å². The van der Waals surface area contributed by atoms with E-state index in [-0.39, 0.29) is 17.5 Å². The van der Waals surface area contributed by atoms with Gasteiger partial charge in [-0.15, -0.1) is 0 Å². The highest BCUT2D eigenvalue weighted by Gasteiger charge is 2.30. The summed E-state index contributed by atoms with van der Waals surface area (Å²) in [5.74, 6) is -0.216. The minimum absolute atomic E-state index is 0.141. The van der Waals surface area contributed by atoms with Crippen molar-refractivity contribution in [1.29, 1.82) is 0 Å². The summed E-state index contributed by atoms with van der Waals surface area (Å²) in [6, 6.07) is 4.84. The molecule has 0 saturated heterocycles. The number of benzene rings is 1. The predicted molar refractivity (Wildman–Crippen MR) is 77.6 cm³/mol. The molecular weight excluding hydrogens is 309 g/mol. The highest BCUT2D eigenvalue weighted by Crippen LogP contribution is 2.29. The molecule has 0 bridgehead atoms. The van der Waals surface area contributed by atoms with Crippen LogP contribution in [0, 0.1) is 11.7 Å². The first-order chi connectivity index (χ1) is 9.02. The molecule has 0 aliphatic heterocycles. The fourth-order valence-electron chi connectivity index (χ4n) is 2.90. The Hall–Kier alpha value is -0.900. The maximum absolute atomic E-state index is 13.8. The zero-order chi connectivity index (χ0) is 14.0. The van der Waals surface area contributed by atoms with Crippen LogP contribution >= 0.6 is 15.9 Å². The van der Waals surface area contributed by atoms with E-state index in [1.165, 1.54) is 12.5 Å². The molecule has 0 aromatic heterocycles. The Balaban J connectivity index is 2.23. The number of nitrogens with zero attached hydrogens (tertiary/aromatic N) is 1. The van der Waals surface area contributed by atoms with E-state index in [1.54, 1.807) is 24.1 Å². The summed E-state index contributed by atoms with van der Waals surface area (Å²) in [5.41, 5.74) is 0.141. The summed E-state index contributed by atoms with van der Waals surface area (Å²) in [7, 11) is 1.79. The molecule has 0 radical (unpaired) electrons. The molecule has 2 atom stereocenters. The van der Waals surface area contributed by atoms with Crippen LogP contribution in [0.4, 0.5) is 4.39 Å². The maximum atomic E-state index is 13.8. The molecule has 1 saturated carbocycles. The first-order valence-electron chi connectivity index (χ1n) is 6.73. The molecule has 0 heterocycles. The third kappa shape index (κ3) is 2.99. The minimum atomic E-state index is -0.463. The van der Waals surface area contributed by atoms with Crippen molar-refractivity contribution in [2.75, 3.05) is 7.05 Å². The summed E-state index contributed by atoms with van der Waals surface area (Å²) in [5, 5.41) is 0. The second-order valence-corrected chi connectivity index (χ2v) is 6.20. The molecule has 1 aliphatic carbocycles. The van der Waals surface area contributed by atoms with Crippen molar-refractivity contribution in [3.63, 3.8) is 0 Å². The molecule has 2 nitrogen and oxygen atoms in total. The largest absolute Gasteiger partial charge is 0.338 e. The standard InChI is InChI=1S/C15H19BrFNO/c1-10-6-3-4-9-13(10)18(2)15(19)14-11(16)7-5-8-12(14)17/h5,7-8,10,13H,3-4,6,9H2,1-2H3. The summed E-state index contributed by atoms with van der Waals surface area (Å²) in [4.78, 5) is 14.2. The highest BCUT2D eigenvalue weighted by molar-refractivity contribution is 9.10. The number of carbonyl (C=O) groups is 1. The van der Waals surface area contributed by atoms with Crippen LogP contribution in [-0.4, -0.2) is 23.9 Å². The van der Waals surface area contributed by atoms with Crippen molar-refractivity contribution in [3.05, 3.63) is 34.1 Å². The second-order valence-electron chi connectivity index (χ2n) is 5.34. The Labute approximate surface area is 122 Å². The van der Waals surface area contributed by atoms with E-state index in [1.807, 2.05) is 0 Å². The quantitative estimate of drug-likeness (QED) is 0.795. The third-order valence-electron chi connectivity index (χ3n) is 4.06. The van der Waals surface area contributed by atoms with Crippen molar-refractivity contribution in [2.24, 2.45) is 5.92 Å². The average Bonchev–Trinajstić information content (AvgIpc) is 2.38. The van der Waals surface area contributed by atoms with Gasteiger partial charge < -0.3 is 4.90 Å². The predicted octanol–water partition coefficient (Wildman–Crippen LogP) is 4.24. The van der Waals surface area contributed by atoms with E-state index < -0.39 is 5.82 Å². The number of carbonyl (C=O) groups excluding carboxylic acids is 1. The van der Waals surface area contributed by atoms with E-state index in [0.29, 0.717) is 10.4 Å². The zero-order valence-corrected chi connectivity index (χ0v) is 12.9. The Morgan fingerprint density at radius 1 is 1.37 bits per heavy atom. The van der Waals surface area contributed by atoms with Crippen LogP contribution in [0.5, 0.6) is 0 Å². The smallest absolute Gasteiger partial charge is 0.257 e. The number of hydrogen-bond donors (Lipinski definition) is 0. The molecule has 1 fully saturated rings.